The topological polar surface area (TPSA) is 84.3 Å². The van der Waals surface area contributed by atoms with Crippen molar-refractivity contribution in [2.75, 3.05) is 34.8 Å². The molecule has 3 heterocycles. The zero-order chi connectivity index (χ0) is 20.7. The van der Waals surface area contributed by atoms with Gasteiger partial charge in [-0.25, -0.2) is 8.42 Å². The van der Waals surface area contributed by atoms with Crippen LogP contribution < -0.4 is 10.2 Å². The SMILES string of the molecule is O=C(Nc1ccc(N2CCCCC2)cc1)c1cc(C2CC2)n([C@@H]2CCS(=O)(=O)C2)n1. The van der Waals surface area contributed by atoms with E-state index < -0.39 is 9.84 Å². The molecule has 1 aliphatic carbocycles. The van der Waals surface area contributed by atoms with Gasteiger partial charge in [0.1, 0.15) is 0 Å². The number of piperidine rings is 1. The van der Waals surface area contributed by atoms with Crippen molar-refractivity contribution in [2.24, 2.45) is 0 Å². The standard InChI is InChI=1S/C22H28N4O3S/c27-22(23-17-6-8-18(9-7-17)25-11-2-1-3-12-25)20-14-21(16-4-5-16)26(24-20)19-10-13-30(28,29)15-19/h6-9,14,16,19H,1-5,10-13,15H2,(H,23,27)/t19-/m1/s1. The number of nitrogens with one attached hydrogen (secondary N) is 1. The Labute approximate surface area is 177 Å². The van der Waals surface area contributed by atoms with Crippen LogP contribution >= 0.6 is 0 Å². The summed E-state index contributed by atoms with van der Waals surface area (Å²) in [6.45, 7) is 2.17. The van der Waals surface area contributed by atoms with E-state index in [0.717, 1.165) is 37.3 Å². The molecule has 1 aromatic carbocycles. The van der Waals surface area contributed by atoms with Crippen molar-refractivity contribution in [3.05, 3.63) is 41.7 Å². The van der Waals surface area contributed by atoms with Gasteiger partial charge in [-0.15, -0.1) is 0 Å². The van der Waals surface area contributed by atoms with Crippen LogP contribution in [0.2, 0.25) is 0 Å². The summed E-state index contributed by atoms with van der Waals surface area (Å²) in [5.41, 5.74) is 3.30. The average molecular weight is 429 g/mol. The lowest BCUT2D eigenvalue weighted by Gasteiger charge is -2.28. The lowest BCUT2D eigenvalue weighted by molar-refractivity contribution is 0.102. The number of rotatable bonds is 5. The van der Waals surface area contributed by atoms with Crippen molar-refractivity contribution in [3.63, 3.8) is 0 Å². The van der Waals surface area contributed by atoms with Gasteiger partial charge >= 0.3 is 0 Å². The summed E-state index contributed by atoms with van der Waals surface area (Å²) in [7, 11) is -3.00. The van der Waals surface area contributed by atoms with E-state index >= 15 is 0 Å². The first-order chi connectivity index (χ1) is 14.5. The summed E-state index contributed by atoms with van der Waals surface area (Å²) in [5.74, 6) is 0.466. The van der Waals surface area contributed by atoms with Crippen LogP contribution in [0.4, 0.5) is 11.4 Å². The van der Waals surface area contributed by atoms with Crippen LogP contribution in [0, 0.1) is 0 Å². The Kier molecular flexibility index (Phi) is 5.05. The van der Waals surface area contributed by atoms with Gasteiger partial charge in [-0.3, -0.25) is 9.48 Å². The lowest BCUT2D eigenvalue weighted by Crippen LogP contribution is -2.29. The summed E-state index contributed by atoms with van der Waals surface area (Å²) in [4.78, 5) is 15.2. The molecule has 7 nitrogen and oxygen atoms in total. The normalized spacial score (nSPS) is 23.5. The smallest absolute Gasteiger partial charge is 0.276 e. The maximum Gasteiger partial charge on any atom is 0.276 e. The van der Waals surface area contributed by atoms with Crippen molar-refractivity contribution < 1.29 is 13.2 Å². The molecule has 2 aliphatic heterocycles. The first-order valence-corrected chi connectivity index (χ1v) is 12.8. The summed E-state index contributed by atoms with van der Waals surface area (Å²) in [5, 5.41) is 7.48. The Morgan fingerprint density at radius 1 is 1.03 bits per heavy atom. The Bertz CT molecular complexity index is 1030. The second-order valence-electron chi connectivity index (χ2n) is 8.78. The second-order valence-corrected chi connectivity index (χ2v) is 11.0. The molecule has 30 heavy (non-hydrogen) atoms. The number of carbonyl (C=O) groups is 1. The summed E-state index contributed by atoms with van der Waals surface area (Å²) < 4.78 is 25.6. The van der Waals surface area contributed by atoms with Gasteiger partial charge in [0.05, 0.1) is 17.5 Å². The highest BCUT2D eigenvalue weighted by Crippen LogP contribution is 2.42. The highest BCUT2D eigenvalue weighted by atomic mass is 32.2. The van der Waals surface area contributed by atoms with Crippen molar-refractivity contribution in [2.45, 2.75) is 50.5 Å². The fraction of sp³-hybridized carbons (Fsp3) is 0.545. The Morgan fingerprint density at radius 3 is 2.40 bits per heavy atom. The third-order valence-corrected chi connectivity index (χ3v) is 8.14. The number of benzene rings is 1. The zero-order valence-corrected chi connectivity index (χ0v) is 17.9. The first-order valence-electron chi connectivity index (χ1n) is 10.9. The highest BCUT2D eigenvalue weighted by Gasteiger charge is 2.36. The number of amides is 1. The number of sulfone groups is 1. The Balaban J connectivity index is 1.31. The van der Waals surface area contributed by atoms with E-state index in [1.54, 1.807) is 0 Å². The molecule has 0 unspecified atom stereocenters. The minimum absolute atomic E-state index is 0.118. The van der Waals surface area contributed by atoms with Gasteiger partial charge in [-0.2, -0.15) is 5.10 Å². The third kappa shape index (κ3) is 4.10. The summed E-state index contributed by atoms with van der Waals surface area (Å²) in [6.07, 6.45) is 6.48. The van der Waals surface area contributed by atoms with Crippen LogP contribution in [-0.2, 0) is 9.84 Å². The van der Waals surface area contributed by atoms with Gasteiger partial charge in [-0.1, -0.05) is 0 Å². The number of carbonyl (C=O) groups excluding carboxylic acids is 1. The molecule has 1 amide bonds. The van der Waals surface area contributed by atoms with Gasteiger partial charge in [-0.05, 0) is 68.9 Å². The van der Waals surface area contributed by atoms with Gasteiger partial charge < -0.3 is 10.2 Å². The largest absolute Gasteiger partial charge is 0.372 e. The highest BCUT2D eigenvalue weighted by molar-refractivity contribution is 7.91. The Morgan fingerprint density at radius 2 is 1.77 bits per heavy atom. The van der Waals surface area contributed by atoms with Crippen LogP contribution in [0.1, 0.15) is 66.7 Å². The van der Waals surface area contributed by atoms with Crippen LogP contribution in [-0.4, -0.2) is 48.7 Å². The molecule has 3 fully saturated rings. The van der Waals surface area contributed by atoms with E-state index in [1.165, 1.54) is 24.9 Å². The summed E-state index contributed by atoms with van der Waals surface area (Å²) >= 11 is 0. The molecule has 8 heteroatoms. The maximum absolute atomic E-state index is 12.8. The van der Waals surface area contributed by atoms with E-state index in [2.05, 4.69) is 27.4 Å². The third-order valence-electron chi connectivity index (χ3n) is 6.39. The fourth-order valence-corrected chi connectivity index (χ4v) is 6.26. The van der Waals surface area contributed by atoms with Crippen LogP contribution in [0.25, 0.3) is 0 Å². The summed E-state index contributed by atoms with van der Waals surface area (Å²) in [6, 6.07) is 9.67. The molecule has 0 radical (unpaired) electrons. The number of hydrogen-bond donors (Lipinski definition) is 1. The molecule has 5 rings (SSSR count). The minimum Gasteiger partial charge on any atom is -0.372 e. The fourth-order valence-electron chi connectivity index (χ4n) is 4.57. The van der Waals surface area contributed by atoms with Crippen molar-refractivity contribution in [1.82, 2.24) is 9.78 Å². The van der Waals surface area contributed by atoms with Crippen molar-refractivity contribution >= 4 is 27.1 Å². The van der Waals surface area contributed by atoms with E-state index in [4.69, 9.17) is 0 Å². The molecular formula is C22H28N4O3S. The Hall–Kier alpha value is -2.35. The maximum atomic E-state index is 12.8. The van der Waals surface area contributed by atoms with Gasteiger partial charge in [0, 0.05) is 36.1 Å². The monoisotopic (exact) mass is 428 g/mol. The molecule has 0 spiro atoms. The van der Waals surface area contributed by atoms with Crippen LogP contribution in [0.5, 0.6) is 0 Å². The van der Waals surface area contributed by atoms with Crippen molar-refractivity contribution in [3.8, 4) is 0 Å². The quantitative estimate of drug-likeness (QED) is 0.789. The van der Waals surface area contributed by atoms with E-state index in [1.807, 2.05) is 22.9 Å². The van der Waals surface area contributed by atoms with Crippen LogP contribution in [0.15, 0.2) is 30.3 Å². The minimum atomic E-state index is -3.00. The molecule has 2 aromatic rings. The number of hydrogen-bond acceptors (Lipinski definition) is 5. The predicted molar refractivity (Wildman–Crippen MR) is 117 cm³/mol. The molecule has 160 valence electrons. The molecule has 1 N–H and O–H groups in total. The molecule has 1 atom stereocenters. The first kappa shape index (κ1) is 19.6. The van der Waals surface area contributed by atoms with Gasteiger partial charge in [0.15, 0.2) is 15.5 Å². The number of anilines is 2. The van der Waals surface area contributed by atoms with Gasteiger partial charge in [0.25, 0.3) is 5.91 Å². The zero-order valence-electron chi connectivity index (χ0n) is 17.1. The molecule has 1 saturated carbocycles. The second kappa shape index (κ2) is 7.72. The molecular weight excluding hydrogens is 400 g/mol. The molecule has 1 aromatic heterocycles. The average Bonchev–Trinajstić information content (AvgIpc) is 3.39. The lowest BCUT2D eigenvalue weighted by atomic mass is 10.1. The van der Waals surface area contributed by atoms with E-state index in [9.17, 15) is 13.2 Å². The molecule has 2 saturated heterocycles. The van der Waals surface area contributed by atoms with Crippen molar-refractivity contribution in [1.29, 1.82) is 0 Å². The predicted octanol–water partition coefficient (Wildman–Crippen LogP) is 3.36. The van der Waals surface area contributed by atoms with Gasteiger partial charge in [0.2, 0.25) is 0 Å². The molecule has 0 bridgehead atoms. The van der Waals surface area contributed by atoms with E-state index in [-0.39, 0.29) is 23.5 Å². The number of nitrogens with zero attached hydrogens (tertiary/aromatic N) is 3. The molecule has 3 aliphatic rings. The van der Waals surface area contributed by atoms with Crippen LogP contribution in [0.3, 0.4) is 0 Å². The van der Waals surface area contributed by atoms with E-state index in [0.29, 0.717) is 18.0 Å². The number of aromatic nitrogens is 2.